The number of hydrogen-bond donors (Lipinski definition) is 1. The van der Waals surface area contributed by atoms with E-state index < -0.39 is 5.54 Å². The summed E-state index contributed by atoms with van der Waals surface area (Å²) in [6, 6.07) is 8.58. The van der Waals surface area contributed by atoms with Crippen molar-refractivity contribution in [2.24, 2.45) is 0 Å². The van der Waals surface area contributed by atoms with Gasteiger partial charge in [0.2, 0.25) is 0 Å². The van der Waals surface area contributed by atoms with E-state index in [0.717, 1.165) is 42.0 Å². The zero-order valence-corrected chi connectivity index (χ0v) is 18.7. The van der Waals surface area contributed by atoms with Gasteiger partial charge in [0.1, 0.15) is 17.6 Å². The van der Waals surface area contributed by atoms with Gasteiger partial charge in [0.05, 0.1) is 25.2 Å². The van der Waals surface area contributed by atoms with Crippen molar-refractivity contribution in [1.82, 2.24) is 15.1 Å². The Labute approximate surface area is 188 Å². The first-order valence-electron chi connectivity index (χ1n) is 11.1. The van der Waals surface area contributed by atoms with Gasteiger partial charge in [-0.2, -0.15) is 0 Å². The fraction of sp³-hybridized carbons (Fsp3) is 0.440. The normalized spacial score (nSPS) is 33.5. The molecule has 3 heterocycles. The Morgan fingerprint density at radius 1 is 1.26 bits per heavy atom. The molecule has 0 spiro atoms. The Kier molecular flexibility index (Phi) is 3.98. The zero-order valence-electron chi connectivity index (χ0n) is 17.9. The predicted octanol–water partition coefficient (Wildman–Crippen LogP) is 3.64. The van der Waals surface area contributed by atoms with Crippen molar-refractivity contribution in [2.75, 3.05) is 13.7 Å². The molecule has 1 saturated carbocycles. The van der Waals surface area contributed by atoms with Crippen LogP contribution in [0.3, 0.4) is 0 Å². The maximum atomic E-state index is 12.8. The summed E-state index contributed by atoms with van der Waals surface area (Å²) >= 11 is 6.03. The third-order valence-corrected chi connectivity index (χ3v) is 8.04. The van der Waals surface area contributed by atoms with Gasteiger partial charge in [-0.3, -0.25) is 0 Å². The number of carbonyl (C=O) groups excluding carboxylic acids is 1. The SMILES string of the molecule is COc1ccc(C2C3=C(CC4(C=O)CN(C5CC5)C(=S)N24)C2=CC=CCC2(C)N3)cc1. The van der Waals surface area contributed by atoms with Gasteiger partial charge in [0.25, 0.3) is 0 Å². The number of nitrogens with one attached hydrogen (secondary N) is 1. The fourth-order valence-electron chi connectivity index (χ4n) is 5.88. The van der Waals surface area contributed by atoms with E-state index in [2.05, 4.69) is 52.4 Å². The number of rotatable bonds is 4. The number of thiocarbonyl (C=S) groups is 1. The standard InChI is InChI=1S/C25H27N3O2S/c1-24-12-4-3-5-20(24)19-13-25(15-29)14-27(17-8-9-17)23(31)28(25)22(21(19)26-24)16-6-10-18(30-2)11-7-16/h3-7,10-11,15,17,22,26H,8-9,12-14H2,1-2H3. The van der Waals surface area contributed by atoms with E-state index in [1.165, 1.54) is 16.8 Å². The summed E-state index contributed by atoms with van der Waals surface area (Å²) in [5.74, 6) is 0.825. The van der Waals surface area contributed by atoms with E-state index in [0.29, 0.717) is 19.0 Å². The first-order chi connectivity index (χ1) is 15.0. The second-order valence-electron chi connectivity index (χ2n) is 9.65. The van der Waals surface area contributed by atoms with E-state index in [1.54, 1.807) is 7.11 Å². The van der Waals surface area contributed by atoms with Crippen molar-refractivity contribution in [2.45, 2.75) is 55.8 Å². The molecule has 6 heteroatoms. The number of ether oxygens (including phenoxy) is 1. The molecule has 5 nitrogen and oxygen atoms in total. The van der Waals surface area contributed by atoms with E-state index in [9.17, 15) is 4.79 Å². The molecule has 0 amide bonds. The Morgan fingerprint density at radius 2 is 2.03 bits per heavy atom. The second-order valence-corrected chi connectivity index (χ2v) is 10.0. The highest BCUT2D eigenvalue weighted by Gasteiger charge is 2.60. The molecular formula is C25H27N3O2S. The topological polar surface area (TPSA) is 44.8 Å². The van der Waals surface area contributed by atoms with Gasteiger partial charge in [-0.1, -0.05) is 30.4 Å². The van der Waals surface area contributed by atoms with E-state index in [-0.39, 0.29) is 11.6 Å². The Morgan fingerprint density at radius 3 is 2.71 bits per heavy atom. The van der Waals surface area contributed by atoms with Crippen LogP contribution >= 0.6 is 12.2 Å². The number of nitrogens with zero attached hydrogens (tertiary/aromatic N) is 2. The highest BCUT2D eigenvalue weighted by atomic mass is 32.1. The third kappa shape index (κ3) is 2.60. The monoisotopic (exact) mass is 433 g/mol. The van der Waals surface area contributed by atoms with Crippen molar-refractivity contribution in [3.63, 3.8) is 0 Å². The molecule has 0 bridgehead atoms. The summed E-state index contributed by atoms with van der Waals surface area (Å²) < 4.78 is 5.39. The van der Waals surface area contributed by atoms with Gasteiger partial charge in [-0.25, -0.2) is 0 Å². The molecule has 1 saturated heterocycles. The van der Waals surface area contributed by atoms with Gasteiger partial charge >= 0.3 is 0 Å². The fourth-order valence-corrected chi connectivity index (χ4v) is 6.38. The van der Waals surface area contributed by atoms with Crippen LogP contribution in [-0.2, 0) is 4.79 Å². The highest BCUT2D eigenvalue weighted by molar-refractivity contribution is 7.80. The minimum absolute atomic E-state index is 0.112. The second kappa shape index (κ2) is 6.45. The Balaban J connectivity index is 1.53. The molecule has 5 aliphatic rings. The highest BCUT2D eigenvalue weighted by Crippen LogP contribution is 2.54. The number of allylic oxidation sites excluding steroid dienone is 2. The smallest absolute Gasteiger partial charge is 0.173 e. The molecule has 6 rings (SSSR count). The van der Waals surface area contributed by atoms with Crippen LogP contribution in [0.1, 0.15) is 44.2 Å². The molecule has 1 aromatic carbocycles. The maximum absolute atomic E-state index is 12.8. The number of carbonyl (C=O) groups is 1. The van der Waals surface area contributed by atoms with Crippen molar-refractivity contribution >= 4 is 23.6 Å². The summed E-state index contributed by atoms with van der Waals surface area (Å²) in [6.45, 7) is 2.95. The molecule has 0 radical (unpaired) electrons. The van der Waals surface area contributed by atoms with Crippen LogP contribution in [0.4, 0.5) is 0 Å². The summed E-state index contributed by atoms with van der Waals surface area (Å²) in [4.78, 5) is 17.3. The molecule has 31 heavy (non-hydrogen) atoms. The van der Waals surface area contributed by atoms with Crippen LogP contribution in [0.15, 0.2) is 59.3 Å². The van der Waals surface area contributed by atoms with Crippen molar-refractivity contribution < 1.29 is 9.53 Å². The molecule has 3 aliphatic heterocycles. The van der Waals surface area contributed by atoms with Gasteiger partial charge in [0.15, 0.2) is 5.11 Å². The average Bonchev–Trinajstić information content (AvgIpc) is 3.53. The van der Waals surface area contributed by atoms with Crippen LogP contribution in [0.2, 0.25) is 0 Å². The first kappa shape index (κ1) is 19.1. The summed E-state index contributed by atoms with van der Waals surface area (Å²) in [6.07, 6.45) is 11.7. The molecule has 1 aromatic rings. The summed E-state index contributed by atoms with van der Waals surface area (Å²) in [5.41, 5.74) is 4.17. The van der Waals surface area contributed by atoms with Gasteiger partial charge in [-0.15, -0.1) is 0 Å². The number of benzene rings is 1. The average molecular weight is 434 g/mol. The van der Waals surface area contributed by atoms with E-state index in [1.807, 2.05) is 12.1 Å². The summed E-state index contributed by atoms with van der Waals surface area (Å²) in [7, 11) is 1.68. The zero-order chi connectivity index (χ0) is 21.4. The Bertz CT molecular complexity index is 1070. The van der Waals surface area contributed by atoms with Crippen LogP contribution in [0, 0.1) is 0 Å². The number of methoxy groups -OCH3 is 1. The first-order valence-corrected chi connectivity index (χ1v) is 11.5. The molecule has 160 valence electrons. The Hall–Kier alpha value is -2.60. The van der Waals surface area contributed by atoms with Gasteiger partial charge < -0.3 is 24.6 Å². The van der Waals surface area contributed by atoms with Gasteiger partial charge in [-0.05, 0) is 67.2 Å². The molecule has 2 fully saturated rings. The van der Waals surface area contributed by atoms with Crippen LogP contribution < -0.4 is 10.1 Å². The predicted molar refractivity (Wildman–Crippen MR) is 124 cm³/mol. The molecule has 3 unspecified atom stereocenters. The van der Waals surface area contributed by atoms with Crippen LogP contribution in [-0.4, -0.2) is 52.0 Å². The number of hydrogen-bond acceptors (Lipinski definition) is 4. The minimum Gasteiger partial charge on any atom is -0.497 e. The minimum atomic E-state index is -0.627. The number of aldehydes is 1. The number of fused-ring (bicyclic) bond motifs is 3. The third-order valence-electron chi connectivity index (χ3n) is 7.61. The summed E-state index contributed by atoms with van der Waals surface area (Å²) in [5, 5.41) is 4.69. The quantitative estimate of drug-likeness (QED) is 0.578. The molecular weight excluding hydrogens is 406 g/mol. The lowest BCUT2D eigenvalue weighted by Gasteiger charge is -2.44. The van der Waals surface area contributed by atoms with Crippen molar-refractivity contribution in [3.05, 3.63) is 64.9 Å². The molecule has 0 aromatic heterocycles. The van der Waals surface area contributed by atoms with Crippen molar-refractivity contribution in [1.29, 1.82) is 0 Å². The molecule has 2 aliphatic carbocycles. The van der Waals surface area contributed by atoms with Crippen LogP contribution in [0.5, 0.6) is 5.75 Å². The lowest BCUT2D eigenvalue weighted by atomic mass is 9.76. The largest absolute Gasteiger partial charge is 0.497 e. The van der Waals surface area contributed by atoms with E-state index in [4.69, 9.17) is 17.0 Å². The van der Waals surface area contributed by atoms with E-state index >= 15 is 0 Å². The lowest BCUT2D eigenvalue weighted by Crippen LogP contribution is -2.54. The molecule has 3 atom stereocenters. The van der Waals surface area contributed by atoms with Gasteiger partial charge in [0, 0.05) is 18.2 Å². The van der Waals surface area contributed by atoms with Crippen LogP contribution in [0.25, 0.3) is 0 Å². The molecule has 1 N–H and O–H groups in total. The lowest BCUT2D eigenvalue weighted by molar-refractivity contribution is -0.116. The van der Waals surface area contributed by atoms with Crippen molar-refractivity contribution in [3.8, 4) is 5.75 Å². The maximum Gasteiger partial charge on any atom is 0.173 e.